The summed E-state index contributed by atoms with van der Waals surface area (Å²) in [6, 6.07) is 12.9. The third-order valence-electron chi connectivity index (χ3n) is 3.32. The van der Waals surface area contributed by atoms with Crippen LogP contribution >= 0.6 is 0 Å². The van der Waals surface area contributed by atoms with Crippen molar-refractivity contribution in [1.82, 2.24) is 0 Å². The van der Waals surface area contributed by atoms with Crippen LogP contribution in [0.15, 0.2) is 60.3 Å². The number of alkyl halides is 3. The molecule has 0 aromatic heterocycles. The Bertz CT molecular complexity index is 870. The second kappa shape index (κ2) is 8.07. The van der Waals surface area contributed by atoms with Gasteiger partial charge >= 0.3 is 6.18 Å². The van der Waals surface area contributed by atoms with E-state index in [1.54, 1.807) is 30.3 Å². The maximum absolute atomic E-state index is 13.0. The number of anilines is 2. The van der Waals surface area contributed by atoms with Gasteiger partial charge in [-0.2, -0.15) is 18.4 Å². The minimum absolute atomic E-state index is 0.395. The molecule has 5 nitrogen and oxygen atoms in total. The van der Waals surface area contributed by atoms with Crippen LogP contribution in [0.4, 0.5) is 24.5 Å². The van der Waals surface area contributed by atoms with Crippen molar-refractivity contribution in [3.05, 3.63) is 65.9 Å². The molecular weight excluding hydrogens is 347 g/mol. The number of rotatable bonds is 5. The lowest BCUT2D eigenvalue weighted by Crippen LogP contribution is -2.18. The van der Waals surface area contributed by atoms with Crippen molar-refractivity contribution in [3.8, 4) is 11.8 Å². The SMILES string of the molecule is COc1ccccc1N/C=C(/C#N)C(=O)Nc1ccccc1C(F)(F)F. The van der Waals surface area contributed by atoms with Gasteiger partial charge in [0, 0.05) is 6.20 Å². The van der Waals surface area contributed by atoms with E-state index < -0.39 is 28.9 Å². The third-order valence-corrected chi connectivity index (χ3v) is 3.32. The molecule has 0 saturated heterocycles. The lowest BCUT2D eigenvalue weighted by molar-refractivity contribution is -0.137. The van der Waals surface area contributed by atoms with Gasteiger partial charge in [0.1, 0.15) is 17.4 Å². The van der Waals surface area contributed by atoms with E-state index in [0.29, 0.717) is 11.4 Å². The number of hydrogen-bond acceptors (Lipinski definition) is 4. The normalized spacial score (nSPS) is 11.4. The zero-order valence-corrected chi connectivity index (χ0v) is 13.6. The Morgan fingerprint density at radius 2 is 1.73 bits per heavy atom. The van der Waals surface area contributed by atoms with Crippen molar-refractivity contribution >= 4 is 17.3 Å². The molecule has 0 radical (unpaired) electrons. The van der Waals surface area contributed by atoms with E-state index in [2.05, 4.69) is 10.6 Å². The predicted octanol–water partition coefficient (Wildman–Crippen LogP) is 4.17. The highest BCUT2D eigenvalue weighted by molar-refractivity contribution is 6.07. The molecule has 26 heavy (non-hydrogen) atoms. The molecule has 0 heterocycles. The maximum Gasteiger partial charge on any atom is 0.418 e. The minimum Gasteiger partial charge on any atom is -0.495 e. The van der Waals surface area contributed by atoms with Crippen LogP contribution in [0.5, 0.6) is 5.75 Å². The molecule has 2 aromatic carbocycles. The Kier molecular flexibility index (Phi) is 5.86. The lowest BCUT2D eigenvalue weighted by atomic mass is 10.1. The molecule has 0 aliphatic rings. The fraction of sp³-hybridized carbons (Fsp3) is 0.111. The Hall–Kier alpha value is -3.47. The van der Waals surface area contributed by atoms with Gasteiger partial charge in [-0.3, -0.25) is 4.79 Å². The molecule has 0 fully saturated rings. The molecular formula is C18H14F3N3O2. The average Bonchev–Trinajstić information content (AvgIpc) is 2.62. The van der Waals surface area contributed by atoms with E-state index in [0.717, 1.165) is 18.3 Å². The summed E-state index contributed by atoms with van der Waals surface area (Å²) in [5.41, 5.74) is -1.33. The quantitative estimate of drug-likeness (QED) is 0.619. The number of halogens is 3. The monoisotopic (exact) mass is 361 g/mol. The highest BCUT2D eigenvalue weighted by atomic mass is 19.4. The predicted molar refractivity (Wildman–Crippen MR) is 90.4 cm³/mol. The fourth-order valence-electron chi connectivity index (χ4n) is 2.09. The number of hydrogen-bond donors (Lipinski definition) is 2. The van der Waals surface area contributed by atoms with Crippen molar-refractivity contribution in [2.75, 3.05) is 17.7 Å². The molecule has 0 unspecified atom stereocenters. The molecule has 0 atom stereocenters. The molecule has 0 aliphatic heterocycles. The highest BCUT2D eigenvalue weighted by Gasteiger charge is 2.33. The van der Waals surface area contributed by atoms with Gasteiger partial charge in [0.25, 0.3) is 5.91 Å². The molecule has 8 heteroatoms. The van der Waals surface area contributed by atoms with Crippen molar-refractivity contribution in [2.24, 2.45) is 0 Å². The van der Waals surface area contributed by atoms with Gasteiger partial charge in [0.05, 0.1) is 24.0 Å². The van der Waals surface area contributed by atoms with Gasteiger partial charge in [-0.05, 0) is 24.3 Å². The van der Waals surface area contributed by atoms with Crippen LogP contribution in [0.25, 0.3) is 0 Å². The van der Waals surface area contributed by atoms with Gasteiger partial charge in [-0.25, -0.2) is 0 Å². The Labute approximate surface area is 147 Å². The first-order valence-electron chi connectivity index (χ1n) is 7.34. The molecule has 2 aromatic rings. The van der Waals surface area contributed by atoms with Gasteiger partial charge in [-0.1, -0.05) is 24.3 Å². The van der Waals surface area contributed by atoms with Gasteiger partial charge in [-0.15, -0.1) is 0 Å². The van der Waals surface area contributed by atoms with Crippen LogP contribution in [0, 0.1) is 11.3 Å². The first kappa shape index (κ1) is 18.9. The summed E-state index contributed by atoms with van der Waals surface area (Å²) in [4.78, 5) is 12.2. The number of para-hydroxylation sites is 3. The summed E-state index contributed by atoms with van der Waals surface area (Å²) in [5.74, 6) is -0.490. The lowest BCUT2D eigenvalue weighted by Gasteiger charge is -2.13. The Morgan fingerprint density at radius 3 is 2.35 bits per heavy atom. The second-order valence-electron chi connectivity index (χ2n) is 5.01. The minimum atomic E-state index is -4.63. The Balaban J connectivity index is 2.21. The van der Waals surface area contributed by atoms with Crippen LogP contribution in [0.1, 0.15) is 5.56 Å². The number of ether oxygens (including phenoxy) is 1. The molecule has 0 aliphatic carbocycles. The maximum atomic E-state index is 13.0. The molecule has 2 N–H and O–H groups in total. The van der Waals surface area contributed by atoms with E-state index >= 15 is 0 Å². The van der Waals surface area contributed by atoms with E-state index in [-0.39, 0.29) is 0 Å². The number of benzene rings is 2. The number of nitrogens with one attached hydrogen (secondary N) is 2. The summed E-state index contributed by atoms with van der Waals surface area (Å²) in [6.45, 7) is 0. The van der Waals surface area contributed by atoms with E-state index in [9.17, 15) is 18.0 Å². The van der Waals surface area contributed by atoms with Crippen LogP contribution < -0.4 is 15.4 Å². The van der Waals surface area contributed by atoms with Crippen LogP contribution in [0.3, 0.4) is 0 Å². The number of methoxy groups -OCH3 is 1. The smallest absolute Gasteiger partial charge is 0.418 e. The van der Waals surface area contributed by atoms with Gasteiger partial charge in [0.2, 0.25) is 0 Å². The number of carbonyl (C=O) groups excluding carboxylic acids is 1. The van der Waals surface area contributed by atoms with Crippen molar-refractivity contribution in [1.29, 1.82) is 5.26 Å². The molecule has 2 rings (SSSR count). The molecule has 0 spiro atoms. The van der Waals surface area contributed by atoms with Crippen molar-refractivity contribution in [3.63, 3.8) is 0 Å². The van der Waals surface area contributed by atoms with E-state index in [1.165, 1.54) is 19.2 Å². The standard InChI is InChI=1S/C18H14F3N3O2/c1-26-16-9-5-4-8-15(16)23-11-12(10-22)17(25)24-14-7-3-2-6-13(14)18(19,20)21/h2-9,11,23H,1H3,(H,24,25)/b12-11-. The topological polar surface area (TPSA) is 74.1 Å². The summed E-state index contributed by atoms with van der Waals surface area (Å²) in [7, 11) is 1.45. The number of carbonyl (C=O) groups is 1. The number of amides is 1. The van der Waals surface area contributed by atoms with E-state index in [4.69, 9.17) is 10.00 Å². The number of nitriles is 1. The van der Waals surface area contributed by atoms with Crippen molar-refractivity contribution < 1.29 is 22.7 Å². The first-order chi connectivity index (χ1) is 12.4. The third kappa shape index (κ3) is 4.54. The van der Waals surface area contributed by atoms with Crippen LogP contribution in [0.2, 0.25) is 0 Å². The number of nitrogens with zero attached hydrogens (tertiary/aromatic N) is 1. The molecule has 0 bridgehead atoms. The zero-order valence-electron chi connectivity index (χ0n) is 13.6. The largest absolute Gasteiger partial charge is 0.495 e. The van der Waals surface area contributed by atoms with Crippen LogP contribution in [-0.4, -0.2) is 13.0 Å². The molecule has 134 valence electrons. The summed E-state index contributed by atoms with van der Waals surface area (Å²) < 4.78 is 44.1. The summed E-state index contributed by atoms with van der Waals surface area (Å²) in [6.07, 6.45) is -3.53. The fourth-order valence-corrected chi connectivity index (χ4v) is 2.09. The summed E-state index contributed by atoms with van der Waals surface area (Å²) in [5, 5.41) is 14.0. The second-order valence-corrected chi connectivity index (χ2v) is 5.01. The molecule has 0 saturated carbocycles. The highest BCUT2D eigenvalue weighted by Crippen LogP contribution is 2.34. The zero-order chi connectivity index (χ0) is 19.2. The first-order valence-corrected chi connectivity index (χ1v) is 7.34. The van der Waals surface area contributed by atoms with Crippen molar-refractivity contribution in [2.45, 2.75) is 6.18 Å². The summed E-state index contributed by atoms with van der Waals surface area (Å²) >= 11 is 0. The Morgan fingerprint density at radius 1 is 1.12 bits per heavy atom. The van der Waals surface area contributed by atoms with E-state index in [1.807, 2.05) is 0 Å². The van der Waals surface area contributed by atoms with Gasteiger partial charge < -0.3 is 15.4 Å². The van der Waals surface area contributed by atoms with Crippen LogP contribution in [-0.2, 0) is 11.0 Å². The average molecular weight is 361 g/mol. The van der Waals surface area contributed by atoms with Gasteiger partial charge in [0.15, 0.2) is 0 Å². The molecule has 1 amide bonds.